The lowest BCUT2D eigenvalue weighted by Crippen LogP contribution is -2.62. The molecule has 9 nitrogen and oxygen atoms in total. The van der Waals surface area contributed by atoms with Crippen LogP contribution in [0.25, 0.3) is 0 Å². The molecular formula is C33H51N3O6. The molecular weight excluding hydrogens is 534 g/mol. The van der Waals surface area contributed by atoms with E-state index in [1.54, 1.807) is 29.2 Å². The molecule has 3 N–H and O–H groups in total. The lowest BCUT2D eigenvalue weighted by Gasteiger charge is -2.41. The summed E-state index contributed by atoms with van der Waals surface area (Å²) in [5, 5.41) is 16.7. The molecule has 3 heterocycles. The summed E-state index contributed by atoms with van der Waals surface area (Å²) in [5.41, 5.74) is -2.12. The SMILES string of the molecule is CCOc1ccc(NC(=O)[C@@H]2[C@H]3C(=O)N([C@@H](CO)C(C)C)C(C(=O)NC(C)(C)CC(C)(C)C)C34CC(C)[C@@]2(C)O4)cc1. The molecule has 3 aliphatic heterocycles. The van der Waals surface area contributed by atoms with Crippen LogP contribution >= 0.6 is 0 Å². The minimum Gasteiger partial charge on any atom is -0.494 e. The molecule has 1 aromatic rings. The summed E-state index contributed by atoms with van der Waals surface area (Å²) in [7, 11) is 0. The van der Waals surface area contributed by atoms with Crippen molar-refractivity contribution >= 4 is 23.4 Å². The Kier molecular flexibility index (Phi) is 8.55. The number of nitrogens with zero attached hydrogens (tertiary/aromatic N) is 1. The van der Waals surface area contributed by atoms with Gasteiger partial charge in [0.05, 0.1) is 36.7 Å². The maximum atomic E-state index is 14.5. The van der Waals surface area contributed by atoms with Crippen LogP contribution in [0.3, 0.4) is 0 Å². The van der Waals surface area contributed by atoms with Crippen LogP contribution in [0.2, 0.25) is 0 Å². The van der Waals surface area contributed by atoms with Gasteiger partial charge in [-0.1, -0.05) is 41.5 Å². The van der Waals surface area contributed by atoms with Gasteiger partial charge in [0.1, 0.15) is 17.4 Å². The van der Waals surface area contributed by atoms with E-state index in [0.29, 0.717) is 24.5 Å². The van der Waals surface area contributed by atoms with Gasteiger partial charge in [-0.15, -0.1) is 0 Å². The average Bonchev–Trinajstić information content (AvgIpc) is 3.36. The Morgan fingerprint density at radius 1 is 1.14 bits per heavy atom. The molecule has 1 spiro atoms. The number of nitrogens with one attached hydrogen (secondary N) is 2. The highest BCUT2D eigenvalue weighted by Crippen LogP contribution is 2.65. The van der Waals surface area contributed by atoms with Gasteiger partial charge in [-0.05, 0) is 82.1 Å². The van der Waals surface area contributed by atoms with Gasteiger partial charge < -0.3 is 30.1 Å². The molecule has 0 aromatic heterocycles. The van der Waals surface area contributed by atoms with Gasteiger partial charge >= 0.3 is 0 Å². The number of carbonyl (C=O) groups excluding carboxylic acids is 3. The van der Waals surface area contributed by atoms with Gasteiger partial charge in [0.25, 0.3) is 0 Å². The van der Waals surface area contributed by atoms with E-state index in [4.69, 9.17) is 9.47 Å². The molecule has 3 aliphatic rings. The zero-order valence-electron chi connectivity index (χ0n) is 27.0. The van der Waals surface area contributed by atoms with Crippen LogP contribution in [0, 0.1) is 29.1 Å². The molecule has 42 heavy (non-hydrogen) atoms. The van der Waals surface area contributed by atoms with Crippen molar-refractivity contribution in [3.8, 4) is 5.75 Å². The van der Waals surface area contributed by atoms with Gasteiger partial charge in [-0.25, -0.2) is 0 Å². The van der Waals surface area contributed by atoms with Crippen molar-refractivity contribution in [3.63, 3.8) is 0 Å². The number of aliphatic hydroxyl groups is 1. The second-order valence-electron chi connectivity index (χ2n) is 15.0. The highest BCUT2D eigenvalue weighted by atomic mass is 16.5. The van der Waals surface area contributed by atoms with Crippen molar-refractivity contribution < 1.29 is 29.0 Å². The number of amides is 3. The van der Waals surface area contributed by atoms with Crippen molar-refractivity contribution in [1.82, 2.24) is 10.2 Å². The second kappa shape index (κ2) is 11.1. The number of carbonyl (C=O) groups is 3. The van der Waals surface area contributed by atoms with Crippen LogP contribution < -0.4 is 15.4 Å². The Hall–Kier alpha value is -2.65. The van der Waals surface area contributed by atoms with E-state index < -0.39 is 40.7 Å². The number of aliphatic hydroxyl groups excluding tert-OH is 1. The molecule has 2 bridgehead atoms. The van der Waals surface area contributed by atoms with E-state index in [0.717, 1.165) is 6.42 Å². The normalized spacial score (nSPS) is 31.3. The molecule has 3 fully saturated rings. The van der Waals surface area contributed by atoms with E-state index in [1.807, 2.05) is 48.5 Å². The first-order valence-electron chi connectivity index (χ1n) is 15.4. The van der Waals surface area contributed by atoms with Gasteiger partial charge in [0, 0.05) is 11.2 Å². The third kappa shape index (κ3) is 5.54. The predicted octanol–water partition coefficient (Wildman–Crippen LogP) is 4.38. The molecule has 234 valence electrons. The zero-order chi connectivity index (χ0) is 31.4. The van der Waals surface area contributed by atoms with Gasteiger partial charge in [0.15, 0.2) is 0 Å². The van der Waals surface area contributed by atoms with Crippen molar-refractivity contribution in [2.45, 2.75) is 111 Å². The summed E-state index contributed by atoms with van der Waals surface area (Å²) in [4.78, 5) is 44.4. The van der Waals surface area contributed by atoms with E-state index in [1.165, 1.54) is 0 Å². The number of fused-ring (bicyclic) bond motifs is 1. The molecule has 3 saturated heterocycles. The molecule has 3 amide bonds. The topological polar surface area (TPSA) is 117 Å². The number of anilines is 1. The van der Waals surface area contributed by atoms with Crippen LogP contribution in [-0.2, 0) is 19.1 Å². The van der Waals surface area contributed by atoms with E-state index in [-0.39, 0.29) is 41.6 Å². The van der Waals surface area contributed by atoms with Crippen LogP contribution in [-0.4, -0.2) is 69.8 Å². The maximum Gasteiger partial charge on any atom is 0.246 e. The standard InChI is InChI=1S/C33H51N3O6/c1-11-41-22-14-12-21(13-15-22)34-27(38)24-25-29(40)36(23(17-37)19(2)3)26(33(25)16-20(4)32(24,10)42-33)28(39)35-31(8,9)18-30(5,6)7/h12-15,19-20,23-26,37H,11,16-18H2,1-10H3,(H,34,38)(H,35,39)/t20?,23-,24-,25-,26?,32+,33?/m0/s1. The minimum absolute atomic E-state index is 0.0390. The Bertz CT molecular complexity index is 1190. The Morgan fingerprint density at radius 3 is 2.29 bits per heavy atom. The van der Waals surface area contributed by atoms with Crippen molar-refractivity contribution in [3.05, 3.63) is 24.3 Å². The molecule has 0 saturated carbocycles. The number of benzene rings is 1. The monoisotopic (exact) mass is 585 g/mol. The summed E-state index contributed by atoms with van der Waals surface area (Å²) < 4.78 is 12.4. The van der Waals surface area contributed by atoms with E-state index in [9.17, 15) is 19.5 Å². The average molecular weight is 586 g/mol. The molecule has 0 radical (unpaired) electrons. The summed E-state index contributed by atoms with van der Waals surface area (Å²) in [6, 6.07) is 5.56. The quantitative estimate of drug-likeness (QED) is 0.375. The van der Waals surface area contributed by atoms with Crippen molar-refractivity contribution in [2.75, 3.05) is 18.5 Å². The van der Waals surface area contributed by atoms with E-state index in [2.05, 4.69) is 31.4 Å². The maximum absolute atomic E-state index is 14.5. The first-order valence-corrected chi connectivity index (χ1v) is 15.4. The number of hydrogen-bond acceptors (Lipinski definition) is 6. The summed E-state index contributed by atoms with van der Waals surface area (Å²) in [6.45, 7) is 20.3. The lowest BCUT2D eigenvalue weighted by molar-refractivity contribution is -0.151. The second-order valence-corrected chi connectivity index (χ2v) is 15.0. The number of rotatable bonds is 10. The Morgan fingerprint density at radius 2 is 1.76 bits per heavy atom. The van der Waals surface area contributed by atoms with Gasteiger partial charge in [-0.2, -0.15) is 0 Å². The Balaban J connectivity index is 1.74. The fourth-order valence-corrected chi connectivity index (χ4v) is 8.15. The third-order valence-electron chi connectivity index (χ3n) is 9.46. The fourth-order valence-electron chi connectivity index (χ4n) is 8.15. The summed E-state index contributed by atoms with van der Waals surface area (Å²) in [5.74, 6) is -2.08. The molecule has 1 aromatic carbocycles. The van der Waals surface area contributed by atoms with Gasteiger partial charge in [0.2, 0.25) is 17.7 Å². The number of likely N-dealkylation sites (tertiary alicyclic amines) is 1. The van der Waals surface area contributed by atoms with Crippen molar-refractivity contribution in [2.24, 2.45) is 29.1 Å². The van der Waals surface area contributed by atoms with E-state index >= 15 is 0 Å². The summed E-state index contributed by atoms with van der Waals surface area (Å²) >= 11 is 0. The van der Waals surface area contributed by atoms with Crippen molar-refractivity contribution in [1.29, 1.82) is 0 Å². The molecule has 3 unspecified atom stereocenters. The Labute approximate surface area is 251 Å². The molecule has 4 rings (SSSR count). The summed E-state index contributed by atoms with van der Waals surface area (Å²) in [6.07, 6.45) is 1.19. The third-order valence-corrected chi connectivity index (χ3v) is 9.46. The largest absolute Gasteiger partial charge is 0.494 e. The molecule has 9 heteroatoms. The first kappa shape index (κ1) is 32.3. The van der Waals surface area contributed by atoms with Crippen LogP contribution in [0.1, 0.15) is 82.1 Å². The predicted molar refractivity (Wildman–Crippen MR) is 162 cm³/mol. The van der Waals surface area contributed by atoms with Crippen LogP contribution in [0.4, 0.5) is 5.69 Å². The number of ether oxygens (including phenoxy) is 2. The molecule has 7 atom stereocenters. The van der Waals surface area contributed by atoms with Crippen LogP contribution in [0.15, 0.2) is 24.3 Å². The highest BCUT2D eigenvalue weighted by molar-refractivity contribution is 6.02. The lowest BCUT2D eigenvalue weighted by atomic mass is 9.62. The fraction of sp³-hybridized carbons (Fsp3) is 0.727. The first-order chi connectivity index (χ1) is 19.4. The van der Waals surface area contributed by atoms with Crippen LogP contribution in [0.5, 0.6) is 5.75 Å². The van der Waals surface area contributed by atoms with Gasteiger partial charge in [-0.3, -0.25) is 14.4 Å². The zero-order valence-corrected chi connectivity index (χ0v) is 27.0. The smallest absolute Gasteiger partial charge is 0.246 e. The molecule has 0 aliphatic carbocycles. The number of hydrogen-bond donors (Lipinski definition) is 3. The minimum atomic E-state index is -1.18. The highest BCUT2D eigenvalue weighted by Gasteiger charge is 2.80.